The number of piperazine rings is 2. The lowest BCUT2D eigenvalue weighted by Gasteiger charge is -2.36. The Kier molecular flexibility index (Phi) is 6.36. The fraction of sp³-hybridized carbons (Fsp3) is 0.500. The van der Waals surface area contributed by atoms with Crippen molar-refractivity contribution in [3.63, 3.8) is 0 Å². The van der Waals surface area contributed by atoms with Gasteiger partial charge in [-0.15, -0.1) is 0 Å². The van der Waals surface area contributed by atoms with Gasteiger partial charge in [0.05, 0.1) is 0 Å². The van der Waals surface area contributed by atoms with Crippen LogP contribution in [-0.2, 0) is 11.3 Å². The summed E-state index contributed by atoms with van der Waals surface area (Å²) in [6.45, 7) is 11.5. The van der Waals surface area contributed by atoms with Crippen molar-refractivity contribution < 1.29 is 14.6 Å². The van der Waals surface area contributed by atoms with Crippen LogP contribution in [0.5, 0.6) is 0 Å². The molecular formula is C22H32N6O+2. The molecule has 2 N–H and O–H groups in total. The monoisotopic (exact) mass is 396 g/mol. The number of aromatic nitrogens is 2. The fourth-order valence-electron chi connectivity index (χ4n) is 4.32. The predicted octanol–water partition coefficient (Wildman–Crippen LogP) is -1.58. The summed E-state index contributed by atoms with van der Waals surface area (Å²) in [7, 11) is 0. The lowest BCUT2D eigenvalue weighted by molar-refractivity contribution is -1.02. The Hall–Kier alpha value is -2.51. The number of hydrogen-bond donors (Lipinski definition) is 2. The van der Waals surface area contributed by atoms with Crippen molar-refractivity contribution in [1.29, 1.82) is 0 Å². The Balaban J connectivity index is 1.20. The van der Waals surface area contributed by atoms with Gasteiger partial charge in [0.15, 0.2) is 6.54 Å². The number of amides is 1. The predicted molar refractivity (Wildman–Crippen MR) is 112 cm³/mol. The van der Waals surface area contributed by atoms with Gasteiger partial charge >= 0.3 is 0 Å². The molecule has 3 heterocycles. The summed E-state index contributed by atoms with van der Waals surface area (Å²) in [6, 6.07) is 10.5. The zero-order chi connectivity index (χ0) is 20.1. The second-order valence-electron chi connectivity index (χ2n) is 8.20. The van der Waals surface area contributed by atoms with Crippen molar-refractivity contribution in [3.05, 3.63) is 53.9 Å². The molecule has 0 radical (unpaired) electrons. The smallest absolute Gasteiger partial charge is 0.277 e. The molecule has 0 unspecified atom stereocenters. The summed E-state index contributed by atoms with van der Waals surface area (Å²) in [5.74, 6) is 1.05. The Morgan fingerprint density at radius 3 is 2.28 bits per heavy atom. The van der Waals surface area contributed by atoms with Crippen molar-refractivity contribution >= 4 is 11.9 Å². The van der Waals surface area contributed by atoms with Crippen molar-refractivity contribution in [2.45, 2.75) is 13.5 Å². The highest BCUT2D eigenvalue weighted by Gasteiger charge is 2.29. The van der Waals surface area contributed by atoms with Gasteiger partial charge in [-0.05, 0) is 18.6 Å². The number of quaternary nitrogens is 2. The molecule has 2 aliphatic heterocycles. The van der Waals surface area contributed by atoms with Crippen molar-refractivity contribution in [3.8, 4) is 0 Å². The van der Waals surface area contributed by atoms with Gasteiger partial charge in [0.1, 0.15) is 32.7 Å². The summed E-state index contributed by atoms with van der Waals surface area (Å²) in [5, 5.41) is 0. The van der Waals surface area contributed by atoms with Crippen LogP contribution in [0.25, 0.3) is 0 Å². The lowest BCUT2D eigenvalue weighted by Crippen LogP contribution is -3.28. The first-order valence-corrected chi connectivity index (χ1v) is 10.7. The van der Waals surface area contributed by atoms with E-state index in [0.717, 1.165) is 64.9 Å². The van der Waals surface area contributed by atoms with Crippen LogP contribution < -0.4 is 14.7 Å². The molecular weight excluding hydrogens is 364 g/mol. The van der Waals surface area contributed by atoms with Crippen molar-refractivity contribution in [2.24, 2.45) is 0 Å². The van der Waals surface area contributed by atoms with Crippen LogP contribution in [0.1, 0.15) is 11.1 Å². The first-order valence-electron chi connectivity index (χ1n) is 10.7. The summed E-state index contributed by atoms with van der Waals surface area (Å²) in [5.41, 5.74) is 2.83. The molecule has 0 atom stereocenters. The standard InChI is InChI=1S/C22H30N6O/c1-19-5-2-3-6-20(19)17-25-9-11-26(12-10-25)18-21(29)27-13-15-28(16-14-27)22-23-7-4-8-24-22/h2-8H,9-18H2,1H3/p+2. The van der Waals surface area contributed by atoms with E-state index >= 15 is 0 Å². The van der Waals surface area contributed by atoms with Crippen LogP contribution in [0, 0.1) is 6.92 Å². The fourth-order valence-corrected chi connectivity index (χ4v) is 4.32. The number of rotatable bonds is 5. The number of anilines is 1. The van der Waals surface area contributed by atoms with Crippen molar-refractivity contribution in [1.82, 2.24) is 14.9 Å². The van der Waals surface area contributed by atoms with Crippen LogP contribution in [0.15, 0.2) is 42.7 Å². The number of carbonyl (C=O) groups excluding carboxylic acids is 1. The Labute approximate surface area is 172 Å². The molecule has 154 valence electrons. The third-order valence-corrected chi connectivity index (χ3v) is 6.23. The average molecular weight is 397 g/mol. The van der Waals surface area contributed by atoms with E-state index in [1.54, 1.807) is 17.3 Å². The zero-order valence-corrected chi connectivity index (χ0v) is 17.3. The average Bonchev–Trinajstić information content (AvgIpc) is 2.77. The van der Waals surface area contributed by atoms with Crippen LogP contribution in [-0.4, -0.2) is 79.7 Å². The summed E-state index contributed by atoms with van der Waals surface area (Å²) in [4.78, 5) is 28.6. The number of aryl methyl sites for hydroxylation is 1. The number of nitrogens with zero attached hydrogens (tertiary/aromatic N) is 4. The minimum atomic E-state index is 0.288. The maximum absolute atomic E-state index is 12.8. The van der Waals surface area contributed by atoms with Gasteiger partial charge in [-0.1, -0.05) is 24.3 Å². The third-order valence-electron chi connectivity index (χ3n) is 6.23. The molecule has 0 aliphatic carbocycles. The molecule has 0 spiro atoms. The number of benzene rings is 1. The molecule has 4 rings (SSSR count). The molecule has 29 heavy (non-hydrogen) atoms. The maximum Gasteiger partial charge on any atom is 0.277 e. The van der Waals surface area contributed by atoms with Crippen LogP contribution in [0.3, 0.4) is 0 Å². The van der Waals surface area contributed by atoms with E-state index in [2.05, 4.69) is 46.1 Å². The highest BCUT2D eigenvalue weighted by molar-refractivity contribution is 5.77. The Morgan fingerprint density at radius 2 is 1.59 bits per heavy atom. The molecule has 2 fully saturated rings. The third kappa shape index (κ3) is 5.10. The van der Waals surface area contributed by atoms with E-state index in [1.165, 1.54) is 16.0 Å². The number of hydrogen-bond acceptors (Lipinski definition) is 4. The van der Waals surface area contributed by atoms with E-state index in [4.69, 9.17) is 0 Å². The van der Waals surface area contributed by atoms with E-state index in [1.807, 2.05) is 11.0 Å². The second kappa shape index (κ2) is 9.33. The maximum atomic E-state index is 12.8. The van der Waals surface area contributed by atoms with Gasteiger partial charge in [0.2, 0.25) is 5.95 Å². The van der Waals surface area contributed by atoms with Gasteiger partial charge in [0, 0.05) is 44.1 Å². The molecule has 1 amide bonds. The molecule has 2 aliphatic rings. The van der Waals surface area contributed by atoms with E-state index in [9.17, 15) is 4.79 Å². The van der Waals surface area contributed by atoms with Gasteiger partial charge in [-0.2, -0.15) is 0 Å². The highest BCUT2D eigenvalue weighted by atomic mass is 16.2. The van der Waals surface area contributed by atoms with E-state index < -0.39 is 0 Å². The van der Waals surface area contributed by atoms with Gasteiger partial charge < -0.3 is 19.6 Å². The minimum Gasteiger partial charge on any atom is -0.337 e. The summed E-state index contributed by atoms with van der Waals surface area (Å²) >= 11 is 0. The summed E-state index contributed by atoms with van der Waals surface area (Å²) in [6.07, 6.45) is 3.54. The topological polar surface area (TPSA) is 58.2 Å². The highest BCUT2D eigenvalue weighted by Crippen LogP contribution is 2.09. The normalized spacial score (nSPS) is 22.5. The van der Waals surface area contributed by atoms with E-state index in [-0.39, 0.29) is 5.91 Å². The molecule has 0 bridgehead atoms. The largest absolute Gasteiger partial charge is 0.337 e. The molecule has 7 heteroatoms. The Bertz CT molecular complexity index is 798. The number of nitrogens with one attached hydrogen (secondary N) is 2. The molecule has 2 saturated heterocycles. The first-order chi connectivity index (χ1) is 14.2. The van der Waals surface area contributed by atoms with Gasteiger partial charge in [-0.25, -0.2) is 9.97 Å². The van der Waals surface area contributed by atoms with Crippen molar-refractivity contribution in [2.75, 3.05) is 63.8 Å². The molecule has 1 aromatic carbocycles. The Morgan fingerprint density at radius 1 is 0.931 bits per heavy atom. The van der Waals surface area contributed by atoms with E-state index in [0.29, 0.717) is 6.54 Å². The molecule has 7 nitrogen and oxygen atoms in total. The van der Waals surface area contributed by atoms with Crippen LogP contribution in [0.2, 0.25) is 0 Å². The van der Waals surface area contributed by atoms with Crippen LogP contribution in [0.4, 0.5) is 5.95 Å². The SMILES string of the molecule is Cc1ccccc1C[NH+]1CC[NH+](CC(=O)N2CCN(c3ncccn3)CC2)CC1. The van der Waals surface area contributed by atoms with Crippen LogP contribution >= 0.6 is 0 Å². The molecule has 1 aromatic heterocycles. The second-order valence-corrected chi connectivity index (χ2v) is 8.20. The number of carbonyl (C=O) groups is 1. The lowest BCUT2D eigenvalue weighted by atomic mass is 10.1. The first kappa shape index (κ1) is 19.8. The molecule has 0 saturated carbocycles. The zero-order valence-electron chi connectivity index (χ0n) is 17.3. The summed E-state index contributed by atoms with van der Waals surface area (Å²) < 4.78 is 0. The molecule has 2 aromatic rings. The quantitative estimate of drug-likeness (QED) is 0.641. The van der Waals surface area contributed by atoms with Gasteiger partial charge in [-0.3, -0.25) is 4.79 Å². The van der Waals surface area contributed by atoms with Gasteiger partial charge in [0.25, 0.3) is 5.91 Å². The minimum absolute atomic E-state index is 0.288.